The molecule has 0 amide bonds. The van der Waals surface area contributed by atoms with E-state index in [2.05, 4.69) is 4.99 Å². The molecular weight excluding hydrogens is 231 g/mol. The van der Waals surface area contributed by atoms with Gasteiger partial charge in [0.15, 0.2) is 0 Å². The summed E-state index contributed by atoms with van der Waals surface area (Å²) in [5.74, 6) is 0. The highest BCUT2D eigenvalue weighted by Crippen LogP contribution is 2.53. The molecule has 0 unspecified atom stereocenters. The summed E-state index contributed by atoms with van der Waals surface area (Å²) in [4.78, 5) is 13.9. The van der Waals surface area contributed by atoms with Gasteiger partial charge in [-0.2, -0.15) is 18.2 Å². The zero-order valence-corrected chi connectivity index (χ0v) is 9.14. The van der Waals surface area contributed by atoms with Crippen LogP contribution in [0.5, 0.6) is 0 Å². The molecule has 2 nitrogen and oxygen atoms in total. The standard InChI is InChI=1S/C12H10F3NO/c1-8-3-2-4-9(12(13,14)15)10(8)11(5-6-11)16-7-17/h2-4H,5-6H2,1H3. The Hall–Kier alpha value is -1.61. The van der Waals surface area contributed by atoms with E-state index in [9.17, 15) is 18.0 Å². The summed E-state index contributed by atoms with van der Waals surface area (Å²) < 4.78 is 38.7. The van der Waals surface area contributed by atoms with E-state index in [0.717, 1.165) is 6.07 Å². The quantitative estimate of drug-likeness (QED) is 0.576. The average molecular weight is 241 g/mol. The molecule has 0 aromatic heterocycles. The number of hydrogen-bond donors (Lipinski definition) is 0. The third-order valence-electron chi connectivity index (χ3n) is 3.03. The summed E-state index contributed by atoms with van der Waals surface area (Å²) in [5.41, 5.74) is -1.06. The molecular formula is C12H10F3NO. The first kappa shape index (κ1) is 11.9. The minimum atomic E-state index is -4.42. The van der Waals surface area contributed by atoms with Gasteiger partial charge in [0.2, 0.25) is 6.08 Å². The van der Waals surface area contributed by atoms with Gasteiger partial charge < -0.3 is 0 Å². The number of alkyl halides is 3. The average Bonchev–Trinajstić information content (AvgIpc) is 2.97. The van der Waals surface area contributed by atoms with Crippen LogP contribution in [0.1, 0.15) is 29.5 Å². The van der Waals surface area contributed by atoms with Crippen LogP contribution in [0.15, 0.2) is 23.2 Å². The van der Waals surface area contributed by atoms with Gasteiger partial charge in [-0.15, -0.1) is 0 Å². The number of halogens is 3. The topological polar surface area (TPSA) is 29.4 Å². The maximum Gasteiger partial charge on any atom is 0.416 e. The predicted molar refractivity (Wildman–Crippen MR) is 55.2 cm³/mol. The summed E-state index contributed by atoms with van der Waals surface area (Å²) in [6.07, 6.45) is -2.10. The monoisotopic (exact) mass is 241 g/mol. The van der Waals surface area contributed by atoms with Gasteiger partial charge in [0, 0.05) is 0 Å². The van der Waals surface area contributed by atoms with E-state index < -0.39 is 17.3 Å². The lowest BCUT2D eigenvalue weighted by Gasteiger charge is -2.19. The fourth-order valence-corrected chi connectivity index (χ4v) is 2.15. The maximum atomic E-state index is 12.9. The Morgan fingerprint density at radius 2 is 2.00 bits per heavy atom. The highest BCUT2D eigenvalue weighted by molar-refractivity contribution is 5.48. The second-order valence-electron chi connectivity index (χ2n) is 4.23. The van der Waals surface area contributed by atoms with Crippen molar-refractivity contribution < 1.29 is 18.0 Å². The lowest BCUT2D eigenvalue weighted by Crippen LogP contribution is -2.16. The Morgan fingerprint density at radius 1 is 1.35 bits per heavy atom. The van der Waals surface area contributed by atoms with Gasteiger partial charge in [-0.25, -0.2) is 4.79 Å². The maximum absolute atomic E-state index is 12.9. The molecule has 0 atom stereocenters. The number of rotatable bonds is 2. The molecule has 2 rings (SSSR count). The van der Waals surface area contributed by atoms with Crippen molar-refractivity contribution in [2.45, 2.75) is 31.5 Å². The smallest absolute Gasteiger partial charge is 0.211 e. The molecule has 0 saturated heterocycles. The second kappa shape index (κ2) is 3.70. The number of aliphatic imine (C=N–C) groups is 1. The van der Waals surface area contributed by atoms with Crippen LogP contribution in [-0.4, -0.2) is 6.08 Å². The zero-order chi connectivity index (χ0) is 12.7. The van der Waals surface area contributed by atoms with Crippen LogP contribution in [0.3, 0.4) is 0 Å². The lowest BCUT2D eigenvalue weighted by molar-refractivity contribution is -0.138. The first-order valence-electron chi connectivity index (χ1n) is 5.17. The van der Waals surface area contributed by atoms with Crippen LogP contribution in [0.4, 0.5) is 13.2 Å². The molecule has 0 aliphatic heterocycles. The molecule has 1 aromatic rings. The van der Waals surface area contributed by atoms with Crippen molar-refractivity contribution in [3.05, 3.63) is 34.9 Å². The van der Waals surface area contributed by atoms with Crippen molar-refractivity contribution in [2.24, 2.45) is 4.99 Å². The number of carbonyl (C=O) groups excluding carboxylic acids is 1. The number of aryl methyl sites for hydroxylation is 1. The SMILES string of the molecule is Cc1cccc(C(F)(F)F)c1C1(N=C=O)CC1. The molecule has 0 heterocycles. The minimum Gasteiger partial charge on any atom is -0.211 e. The van der Waals surface area contributed by atoms with Crippen LogP contribution >= 0.6 is 0 Å². The second-order valence-corrected chi connectivity index (χ2v) is 4.23. The Balaban J connectivity index is 2.64. The summed E-state index contributed by atoms with van der Waals surface area (Å²) in [6, 6.07) is 4.00. The van der Waals surface area contributed by atoms with Crippen LogP contribution in [0.25, 0.3) is 0 Å². The Morgan fingerprint density at radius 3 is 2.47 bits per heavy atom. The molecule has 5 heteroatoms. The summed E-state index contributed by atoms with van der Waals surface area (Å²) in [7, 11) is 0. The van der Waals surface area contributed by atoms with Gasteiger partial charge in [-0.3, -0.25) is 0 Å². The van der Waals surface area contributed by atoms with E-state index in [4.69, 9.17) is 0 Å². The van der Waals surface area contributed by atoms with E-state index in [-0.39, 0.29) is 5.56 Å². The molecule has 0 N–H and O–H groups in total. The predicted octanol–water partition coefficient (Wildman–Crippen LogP) is 3.34. The fourth-order valence-electron chi connectivity index (χ4n) is 2.15. The molecule has 1 fully saturated rings. The van der Waals surface area contributed by atoms with Gasteiger partial charge in [-0.05, 0) is 37.0 Å². The lowest BCUT2D eigenvalue weighted by atomic mass is 9.93. The van der Waals surface area contributed by atoms with E-state index >= 15 is 0 Å². The van der Waals surface area contributed by atoms with Crippen LogP contribution in [0.2, 0.25) is 0 Å². The Labute approximate surface area is 96.2 Å². The van der Waals surface area contributed by atoms with E-state index in [0.29, 0.717) is 18.4 Å². The van der Waals surface area contributed by atoms with Crippen LogP contribution in [-0.2, 0) is 16.5 Å². The molecule has 90 valence electrons. The first-order valence-corrected chi connectivity index (χ1v) is 5.17. The normalized spacial score (nSPS) is 17.4. The molecule has 0 bridgehead atoms. The summed E-state index contributed by atoms with van der Waals surface area (Å²) >= 11 is 0. The molecule has 1 aliphatic rings. The molecule has 0 spiro atoms. The molecule has 1 aliphatic carbocycles. The number of nitrogens with zero attached hydrogens (tertiary/aromatic N) is 1. The van der Waals surface area contributed by atoms with Crippen molar-refractivity contribution in [2.75, 3.05) is 0 Å². The highest BCUT2D eigenvalue weighted by Gasteiger charge is 2.50. The van der Waals surface area contributed by atoms with Crippen LogP contribution in [0, 0.1) is 6.92 Å². The van der Waals surface area contributed by atoms with Gasteiger partial charge in [0.05, 0.1) is 11.1 Å². The summed E-state index contributed by atoms with van der Waals surface area (Å²) in [5, 5.41) is 0. The highest BCUT2D eigenvalue weighted by atomic mass is 19.4. The Bertz CT molecular complexity index is 497. The van der Waals surface area contributed by atoms with E-state index in [1.54, 1.807) is 13.0 Å². The third-order valence-corrected chi connectivity index (χ3v) is 3.03. The number of isocyanates is 1. The molecule has 0 radical (unpaired) electrons. The number of benzene rings is 1. The van der Waals surface area contributed by atoms with E-state index in [1.807, 2.05) is 0 Å². The Kier molecular flexibility index (Phi) is 2.59. The fraction of sp³-hybridized carbons (Fsp3) is 0.417. The van der Waals surface area contributed by atoms with Crippen molar-refractivity contribution in [3.8, 4) is 0 Å². The van der Waals surface area contributed by atoms with Gasteiger partial charge in [0.25, 0.3) is 0 Å². The molecule has 17 heavy (non-hydrogen) atoms. The molecule has 1 aromatic carbocycles. The van der Waals surface area contributed by atoms with E-state index in [1.165, 1.54) is 12.1 Å². The van der Waals surface area contributed by atoms with Crippen molar-refractivity contribution in [3.63, 3.8) is 0 Å². The van der Waals surface area contributed by atoms with Crippen LogP contribution < -0.4 is 0 Å². The van der Waals surface area contributed by atoms with Crippen molar-refractivity contribution in [1.82, 2.24) is 0 Å². The largest absolute Gasteiger partial charge is 0.416 e. The number of hydrogen-bond acceptors (Lipinski definition) is 2. The third kappa shape index (κ3) is 1.98. The minimum absolute atomic E-state index is 0.121. The van der Waals surface area contributed by atoms with Crippen molar-refractivity contribution in [1.29, 1.82) is 0 Å². The summed E-state index contributed by atoms with van der Waals surface area (Å²) in [6.45, 7) is 1.60. The van der Waals surface area contributed by atoms with Gasteiger partial charge in [-0.1, -0.05) is 12.1 Å². The van der Waals surface area contributed by atoms with Gasteiger partial charge in [0.1, 0.15) is 0 Å². The van der Waals surface area contributed by atoms with Crippen molar-refractivity contribution >= 4 is 6.08 Å². The molecule has 1 saturated carbocycles. The first-order chi connectivity index (χ1) is 7.91. The van der Waals surface area contributed by atoms with Gasteiger partial charge >= 0.3 is 6.18 Å². The zero-order valence-electron chi connectivity index (χ0n) is 9.14.